The van der Waals surface area contributed by atoms with Gasteiger partial charge in [-0.3, -0.25) is 10.1 Å². The van der Waals surface area contributed by atoms with Gasteiger partial charge in [0.05, 0.1) is 17.1 Å². The molecule has 2 amide bonds. The molecule has 0 aliphatic rings. The molecule has 3 heterocycles. The van der Waals surface area contributed by atoms with Gasteiger partial charge in [-0.1, -0.05) is 39.0 Å². The Morgan fingerprint density at radius 1 is 1.05 bits per heavy atom. The Kier molecular flexibility index (Phi) is 7.31. The summed E-state index contributed by atoms with van der Waals surface area (Å²) in [5.74, 6) is 1.56. The number of hydrogen-bond donors (Lipinski definition) is 3. The van der Waals surface area contributed by atoms with Crippen LogP contribution in [0.3, 0.4) is 0 Å². The normalized spacial score (nSPS) is 11.4. The highest BCUT2D eigenvalue weighted by atomic mass is 32.2. The number of ether oxygens (including phenoxy) is 1. The first-order valence-electron chi connectivity index (χ1n) is 12.6. The molecule has 3 aromatic heterocycles. The topological polar surface area (TPSA) is 127 Å². The van der Waals surface area contributed by atoms with Crippen LogP contribution in [0.2, 0.25) is 0 Å². The molecule has 0 saturated carbocycles. The minimum atomic E-state index is -0.398. The molecule has 40 heavy (non-hydrogen) atoms. The highest BCUT2D eigenvalue weighted by molar-refractivity contribution is 7.98. The summed E-state index contributed by atoms with van der Waals surface area (Å²) >= 11 is 1.47. The van der Waals surface area contributed by atoms with E-state index in [-0.39, 0.29) is 11.0 Å². The van der Waals surface area contributed by atoms with Gasteiger partial charge in [0.25, 0.3) is 5.56 Å². The lowest BCUT2D eigenvalue weighted by Crippen LogP contribution is -2.21. The molecule has 0 radical (unpaired) electrons. The van der Waals surface area contributed by atoms with Crippen LogP contribution in [0.15, 0.2) is 76.6 Å². The second-order valence-electron chi connectivity index (χ2n) is 10.1. The van der Waals surface area contributed by atoms with Crippen LogP contribution in [-0.4, -0.2) is 37.0 Å². The van der Waals surface area contributed by atoms with Crippen molar-refractivity contribution in [1.82, 2.24) is 24.7 Å². The van der Waals surface area contributed by atoms with Crippen molar-refractivity contribution in [3.8, 4) is 17.2 Å². The van der Waals surface area contributed by atoms with Gasteiger partial charge in [-0.25, -0.2) is 19.4 Å². The van der Waals surface area contributed by atoms with Crippen molar-refractivity contribution in [2.75, 3.05) is 16.9 Å². The average molecular weight is 556 g/mol. The number of rotatable bonds is 6. The summed E-state index contributed by atoms with van der Waals surface area (Å²) in [6, 6.07) is 18.2. The first-order chi connectivity index (χ1) is 19.1. The van der Waals surface area contributed by atoms with Crippen LogP contribution in [0.5, 0.6) is 11.5 Å². The number of urea groups is 1. The molecule has 3 N–H and O–H groups in total. The predicted molar refractivity (Wildman–Crippen MR) is 158 cm³/mol. The van der Waals surface area contributed by atoms with Gasteiger partial charge >= 0.3 is 6.03 Å². The molecule has 0 aliphatic heterocycles. The number of pyridine rings is 1. The molecule has 0 fully saturated rings. The molecular formula is C29H29N7O3S. The van der Waals surface area contributed by atoms with Gasteiger partial charge in [-0.05, 0) is 43.5 Å². The Morgan fingerprint density at radius 3 is 2.55 bits per heavy atom. The van der Waals surface area contributed by atoms with E-state index < -0.39 is 6.03 Å². The summed E-state index contributed by atoms with van der Waals surface area (Å²) in [5, 5.41) is 10.6. The predicted octanol–water partition coefficient (Wildman–Crippen LogP) is 6.27. The monoisotopic (exact) mass is 555 g/mol. The molecule has 0 unspecified atom stereocenters. The van der Waals surface area contributed by atoms with Crippen molar-refractivity contribution in [2.24, 2.45) is 0 Å². The zero-order valence-electron chi connectivity index (χ0n) is 22.8. The van der Waals surface area contributed by atoms with Crippen molar-refractivity contribution < 1.29 is 9.53 Å². The number of carbonyl (C=O) groups excluding carboxylic acids is 1. The molecule has 0 spiro atoms. The van der Waals surface area contributed by atoms with Crippen LogP contribution in [0.1, 0.15) is 32.2 Å². The summed E-state index contributed by atoms with van der Waals surface area (Å²) in [7, 11) is 0. The fourth-order valence-electron chi connectivity index (χ4n) is 3.97. The summed E-state index contributed by atoms with van der Waals surface area (Å²) in [4.78, 5) is 37.1. The highest BCUT2D eigenvalue weighted by Crippen LogP contribution is 2.34. The van der Waals surface area contributed by atoms with Crippen LogP contribution in [0.25, 0.3) is 16.9 Å². The number of nitrogens with zero attached hydrogens (tertiary/aromatic N) is 4. The average Bonchev–Trinajstić information content (AvgIpc) is 3.35. The van der Waals surface area contributed by atoms with E-state index in [1.807, 2.05) is 48.7 Å². The lowest BCUT2D eigenvalue weighted by Gasteiger charge is -2.14. The number of aromatic nitrogens is 5. The number of hydrogen-bond acceptors (Lipinski definition) is 7. The second-order valence-corrected chi connectivity index (χ2v) is 11.0. The maximum atomic E-state index is 13.1. The lowest BCUT2D eigenvalue weighted by molar-refractivity contribution is 0.262. The van der Waals surface area contributed by atoms with E-state index in [1.165, 1.54) is 11.8 Å². The smallest absolute Gasteiger partial charge is 0.324 e. The number of aromatic amines is 1. The second kappa shape index (κ2) is 10.9. The molecule has 0 aliphatic carbocycles. The molecule has 0 atom stereocenters. The maximum Gasteiger partial charge on any atom is 0.324 e. The van der Waals surface area contributed by atoms with Crippen LogP contribution in [0, 0.1) is 6.92 Å². The van der Waals surface area contributed by atoms with E-state index in [0.29, 0.717) is 39.9 Å². The van der Waals surface area contributed by atoms with E-state index in [9.17, 15) is 9.59 Å². The number of fused-ring (bicyclic) bond motifs is 1. The number of aryl methyl sites for hydroxylation is 1. The van der Waals surface area contributed by atoms with Gasteiger partial charge in [-0.2, -0.15) is 5.10 Å². The van der Waals surface area contributed by atoms with Gasteiger partial charge in [0.15, 0.2) is 11.4 Å². The van der Waals surface area contributed by atoms with Crippen molar-refractivity contribution in [3.63, 3.8) is 0 Å². The minimum absolute atomic E-state index is 0.196. The number of anilines is 2. The van der Waals surface area contributed by atoms with Crippen LogP contribution in [0.4, 0.5) is 16.3 Å². The number of H-pyrrole nitrogens is 1. The van der Waals surface area contributed by atoms with E-state index >= 15 is 0 Å². The van der Waals surface area contributed by atoms with Gasteiger partial charge in [0.2, 0.25) is 0 Å². The Labute approximate surface area is 235 Å². The number of thioether (sulfide) groups is 1. The number of amides is 2. The van der Waals surface area contributed by atoms with Crippen LogP contribution < -0.4 is 20.9 Å². The largest absolute Gasteiger partial charge is 0.455 e. The summed E-state index contributed by atoms with van der Waals surface area (Å²) in [6.45, 7) is 7.86. The molecule has 11 heteroatoms. The highest BCUT2D eigenvalue weighted by Gasteiger charge is 2.22. The molecule has 5 aromatic rings. The minimum Gasteiger partial charge on any atom is -0.455 e. The van der Waals surface area contributed by atoms with Gasteiger partial charge in [0.1, 0.15) is 22.8 Å². The Morgan fingerprint density at radius 2 is 1.82 bits per heavy atom. The van der Waals surface area contributed by atoms with Gasteiger partial charge in [0, 0.05) is 28.6 Å². The third-order valence-corrected chi connectivity index (χ3v) is 6.87. The van der Waals surface area contributed by atoms with Crippen molar-refractivity contribution in [1.29, 1.82) is 0 Å². The fourth-order valence-corrected chi connectivity index (χ4v) is 4.55. The number of carbonyl (C=O) groups is 1. The number of para-hydroxylation sites is 1. The van der Waals surface area contributed by atoms with Crippen molar-refractivity contribution in [3.05, 3.63) is 88.6 Å². The summed E-state index contributed by atoms with van der Waals surface area (Å²) in [6.07, 6.45) is 3.46. The van der Waals surface area contributed by atoms with Crippen molar-refractivity contribution >= 4 is 40.5 Å². The third-order valence-electron chi connectivity index (χ3n) is 6.10. The van der Waals surface area contributed by atoms with E-state index in [0.717, 1.165) is 16.3 Å². The third kappa shape index (κ3) is 5.69. The van der Waals surface area contributed by atoms with Gasteiger partial charge in [-0.15, -0.1) is 11.8 Å². The first-order valence-corrected chi connectivity index (χ1v) is 13.8. The van der Waals surface area contributed by atoms with E-state index in [1.54, 1.807) is 36.0 Å². The quantitative estimate of drug-likeness (QED) is 0.211. The zero-order chi connectivity index (χ0) is 28.4. The Hall–Kier alpha value is -4.64. The van der Waals surface area contributed by atoms with E-state index in [2.05, 4.69) is 46.4 Å². The first kappa shape index (κ1) is 26.9. The van der Waals surface area contributed by atoms with Gasteiger partial charge < -0.3 is 15.0 Å². The molecule has 5 rings (SSSR count). The van der Waals surface area contributed by atoms with Crippen LogP contribution >= 0.6 is 11.8 Å². The zero-order valence-corrected chi connectivity index (χ0v) is 23.6. The van der Waals surface area contributed by atoms with Crippen LogP contribution in [-0.2, 0) is 5.41 Å². The Bertz CT molecular complexity index is 1760. The SMILES string of the molecule is CSc1cc(Oc2ccnc3[nH]c(=O)c(C)nc23)ccc1NC(=O)Nc1cc(C(C)(C)C)nn1-c1ccccc1. The Balaban J connectivity index is 1.38. The molecular weight excluding hydrogens is 526 g/mol. The lowest BCUT2D eigenvalue weighted by atomic mass is 9.92. The van der Waals surface area contributed by atoms with E-state index in [4.69, 9.17) is 9.84 Å². The number of nitrogens with one attached hydrogen (secondary N) is 3. The molecule has 2 aromatic carbocycles. The summed E-state index contributed by atoms with van der Waals surface area (Å²) < 4.78 is 7.84. The number of benzene rings is 2. The molecule has 0 saturated heterocycles. The van der Waals surface area contributed by atoms with Crippen molar-refractivity contribution in [2.45, 2.75) is 38.0 Å². The fraction of sp³-hybridized carbons (Fsp3) is 0.207. The maximum absolute atomic E-state index is 13.1. The molecule has 0 bridgehead atoms. The molecule has 204 valence electrons. The standard InChI is InChI=1S/C29H29N7O3S/c1-17-27(37)34-26-25(31-17)21(13-14-30-26)39-19-11-12-20(22(15-19)40-5)32-28(38)33-24-16-23(29(2,3)4)35-36(24)18-9-7-6-8-10-18/h6-16H,1-5H3,(H,30,34,37)(H2,32,33,38). The molecule has 10 nitrogen and oxygen atoms in total. The summed E-state index contributed by atoms with van der Waals surface area (Å²) in [5.41, 5.74) is 2.96.